The Morgan fingerprint density at radius 2 is 1.95 bits per heavy atom. The van der Waals surface area contributed by atoms with Gasteiger partial charge in [0.1, 0.15) is 5.82 Å². The lowest BCUT2D eigenvalue weighted by molar-refractivity contribution is 0.0937. The molecule has 1 aromatic carbocycles. The van der Waals surface area contributed by atoms with E-state index in [-0.39, 0.29) is 17.8 Å². The van der Waals surface area contributed by atoms with E-state index in [0.717, 1.165) is 17.5 Å². The smallest absolute Gasteiger partial charge is 0.261 e. The molecule has 20 heavy (non-hydrogen) atoms. The molecular weight excluding hydrogens is 273 g/mol. The Morgan fingerprint density at radius 1 is 1.20 bits per heavy atom. The van der Waals surface area contributed by atoms with Crippen molar-refractivity contribution >= 4 is 27.3 Å². The Bertz CT molecular complexity index is 614. The van der Waals surface area contributed by atoms with Crippen molar-refractivity contribution in [3.05, 3.63) is 35.0 Å². The summed E-state index contributed by atoms with van der Waals surface area (Å²) in [4.78, 5) is 12.9. The van der Waals surface area contributed by atoms with Crippen LogP contribution >= 0.6 is 11.3 Å². The Morgan fingerprint density at radius 3 is 2.65 bits per heavy atom. The zero-order valence-electron chi connectivity index (χ0n) is 11.3. The second-order valence-corrected chi connectivity index (χ2v) is 6.51. The van der Waals surface area contributed by atoms with Crippen LogP contribution in [0.5, 0.6) is 0 Å². The van der Waals surface area contributed by atoms with Gasteiger partial charge in [-0.3, -0.25) is 4.79 Å². The zero-order valence-corrected chi connectivity index (χ0v) is 12.1. The number of hydrogen-bond donors (Lipinski definition) is 1. The second kappa shape index (κ2) is 5.92. The average molecular weight is 291 g/mol. The van der Waals surface area contributed by atoms with E-state index in [1.54, 1.807) is 12.1 Å². The van der Waals surface area contributed by atoms with Crippen molar-refractivity contribution in [1.29, 1.82) is 0 Å². The molecule has 1 fully saturated rings. The molecule has 1 amide bonds. The highest BCUT2D eigenvalue weighted by Crippen LogP contribution is 2.28. The number of carbonyl (C=O) groups is 1. The average Bonchev–Trinajstić information content (AvgIpc) is 2.72. The van der Waals surface area contributed by atoms with Crippen LogP contribution in [-0.4, -0.2) is 11.9 Å². The van der Waals surface area contributed by atoms with Gasteiger partial charge < -0.3 is 5.32 Å². The van der Waals surface area contributed by atoms with Crippen molar-refractivity contribution in [3.63, 3.8) is 0 Å². The molecule has 1 heterocycles. The lowest BCUT2D eigenvalue weighted by Crippen LogP contribution is -2.33. The minimum atomic E-state index is -0.257. The first-order valence-electron chi connectivity index (χ1n) is 7.23. The lowest BCUT2D eigenvalue weighted by atomic mass is 10.1. The van der Waals surface area contributed by atoms with E-state index in [1.807, 2.05) is 6.07 Å². The molecule has 0 atom stereocenters. The zero-order chi connectivity index (χ0) is 13.9. The Kier molecular flexibility index (Phi) is 4.01. The fourth-order valence-corrected chi connectivity index (χ4v) is 3.80. The summed E-state index contributed by atoms with van der Waals surface area (Å²) in [7, 11) is 0. The maximum absolute atomic E-state index is 13.7. The van der Waals surface area contributed by atoms with E-state index >= 15 is 0 Å². The molecule has 0 unspecified atom stereocenters. The third-order valence-electron chi connectivity index (χ3n) is 3.92. The monoisotopic (exact) mass is 291 g/mol. The molecule has 4 heteroatoms. The molecule has 0 radical (unpaired) electrons. The van der Waals surface area contributed by atoms with Crippen LogP contribution < -0.4 is 5.32 Å². The molecule has 1 saturated carbocycles. The minimum Gasteiger partial charge on any atom is -0.349 e. The number of nitrogens with one attached hydrogen (secondary N) is 1. The standard InChI is InChI=1S/C16H18FNOS/c17-13-8-5-9-14-12(13)10-15(20-14)16(19)18-11-6-3-1-2-4-7-11/h5,8-11H,1-4,6-7H2,(H,18,19). The fourth-order valence-electron chi connectivity index (χ4n) is 2.82. The third-order valence-corrected chi connectivity index (χ3v) is 5.02. The topological polar surface area (TPSA) is 29.1 Å². The van der Waals surface area contributed by atoms with Gasteiger partial charge in [-0.1, -0.05) is 31.7 Å². The number of rotatable bonds is 2. The van der Waals surface area contributed by atoms with Crippen molar-refractivity contribution in [2.45, 2.75) is 44.6 Å². The first-order chi connectivity index (χ1) is 9.74. The highest BCUT2D eigenvalue weighted by molar-refractivity contribution is 7.20. The Labute approximate surface area is 122 Å². The third kappa shape index (κ3) is 2.85. The molecule has 1 aliphatic rings. The molecule has 2 nitrogen and oxygen atoms in total. The summed E-state index contributed by atoms with van der Waals surface area (Å²) in [6.07, 6.45) is 7.02. The van der Waals surface area contributed by atoms with Gasteiger partial charge in [-0.15, -0.1) is 11.3 Å². The number of halogens is 1. The minimum absolute atomic E-state index is 0.0579. The van der Waals surface area contributed by atoms with Gasteiger partial charge in [-0.25, -0.2) is 4.39 Å². The summed E-state index contributed by atoms with van der Waals surface area (Å²) in [6.45, 7) is 0. The Hall–Kier alpha value is -1.42. The first-order valence-corrected chi connectivity index (χ1v) is 8.04. The van der Waals surface area contributed by atoms with Crippen LogP contribution in [0.4, 0.5) is 4.39 Å². The van der Waals surface area contributed by atoms with Gasteiger partial charge in [0, 0.05) is 16.1 Å². The van der Waals surface area contributed by atoms with Crippen LogP contribution in [0.15, 0.2) is 24.3 Å². The lowest BCUT2D eigenvalue weighted by Gasteiger charge is -2.15. The van der Waals surface area contributed by atoms with Crippen molar-refractivity contribution in [3.8, 4) is 0 Å². The van der Waals surface area contributed by atoms with Gasteiger partial charge in [0.2, 0.25) is 0 Å². The first kappa shape index (κ1) is 13.6. The Balaban J connectivity index is 1.76. The van der Waals surface area contributed by atoms with Crippen LogP contribution in [0, 0.1) is 5.82 Å². The maximum atomic E-state index is 13.7. The van der Waals surface area contributed by atoms with Crippen molar-refractivity contribution in [2.75, 3.05) is 0 Å². The molecule has 0 bridgehead atoms. The second-order valence-electron chi connectivity index (χ2n) is 5.42. The predicted molar refractivity (Wildman–Crippen MR) is 80.7 cm³/mol. The molecule has 2 aromatic rings. The van der Waals surface area contributed by atoms with E-state index in [4.69, 9.17) is 0 Å². The van der Waals surface area contributed by atoms with Gasteiger partial charge in [0.15, 0.2) is 0 Å². The van der Waals surface area contributed by atoms with Crippen molar-refractivity contribution in [1.82, 2.24) is 5.32 Å². The summed E-state index contributed by atoms with van der Waals surface area (Å²) in [6, 6.07) is 6.91. The number of carbonyl (C=O) groups excluding carboxylic acids is 1. The maximum Gasteiger partial charge on any atom is 0.261 e. The van der Waals surface area contributed by atoms with Crippen LogP contribution in [0.2, 0.25) is 0 Å². The molecule has 0 saturated heterocycles. The molecule has 106 valence electrons. The molecular formula is C16H18FNOS. The number of thiophene rings is 1. The molecule has 1 N–H and O–H groups in total. The summed E-state index contributed by atoms with van der Waals surface area (Å²) in [5.41, 5.74) is 0. The summed E-state index contributed by atoms with van der Waals surface area (Å²) in [5, 5.41) is 3.65. The van der Waals surface area contributed by atoms with E-state index in [2.05, 4.69) is 5.32 Å². The normalized spacial score (nSPS) is 17.1. The molecule has 3 rings (SSSR count). The summed E-state index contributed by atoms with van der Waals surface area (Å²) < 4.78 is 14.5. The van der Waals surface area contributed by atoms with Gasteiger partial charge >= 0.3 is 0 Å². The largest absolute Gasteiger partial charge is 0.349 e. The van der Waals surface area contributed by atoms with Crippen LogP contribution in [0.3, 0.4) is 0 Å². The van der Waals surface area contributed by atoms with Crippen LogP contribution in [-0.2, 0) is 0 Å². The van der Waals surface area contributed by atoms with Gasteiger partial charge in [-0.05, 0) is 31.0 Å². The van der Waals surface area contributed by atoms with Crippen LogP contribution in [0.1, 0.15) is 48.2 Å². The van der Waals surface area contributed by atoms with Gasteiger partial charge in [0.05, 0.1) is 4.88 Å². The number of amides is 1. The fraction of sp³-hybridized carbons (Fsp3) is 0.438. The number of hydrogen-bond acceptors (Lipinski definition) is 2. The molecule has 1 aromatic heterocycles. The van der Waals surface area contributed by atoms with E-state index in [0.29, 0.717) is 10.3 Å². The van der Waals surface area contributed by atoms with Crippen molar-refractivity contribution < 1.29 is 9.18 Å². The van der Waals surface area contributed by atoms with Crippen LogP contribution in [0.25, 0.3) is 10.1 Å². The molecule has 0 spiro atoms. The van der Waals surface area contributed by atoms with Gasteiger partial charge in [-0.2, -0.15) is 0 Å². The quantitative estimate of drug-likeness (QED) is 0.811. The highest BCUT2D eigenvalue weighted by Gasteiger charge is 2.18. The van der Waals surface area contributed by atoms with E-state index in [1.165, 1.54) is 43.1 Å². The van der Waals surface area contributed by atoms with E-state index < -0.39 is 0 Å². The number of fused-ring (bicyclic) bond motifs is 1. The van der Waals surface area contributed by atoms with E-state index in [9.17, 15) is 9.18 Å². The SMILES string of the molecule is O=C(NC1CCCCCC1)c1cc2c(F)cccc2s1. The van der Waals surface area contributed by atoms with Crippen molar-refractivity contribution in [2.24, 2.45) is 0 Å². The number of benzene rings is 1. The summed E-state index contributed by atoms with van der Waals surface area (Å²) >= 11 is 1.36. The predicted octanol–water partition coefficient (Wildman–Crippen LogP) is 4.49. The summed E-state index contributed by atoms with van der Waals surface area (Å²) in [5.74, 6) is -0.315. The molecule has 1 aliphatic carbocycles. The van der Waals surface area contributed by atoms with Gasteiger partial charge in [0.25, 0.3) is 5.91 Å². The highest BCUT2D eigenvalue weighted by atomic mass is 32.1. The molecule has 0 aliphatic heterocycles.